The third kappa shape index (κ3) is 4.55. The summed E-state index contributed by atoms with van der Waals surface area (Å²) < 4.78 is 42.4. The van der Waals surface area contributed by atoms with E-state index in [1.807, 2.05) is 6.92 Å². The molecule has 33 heavy (non-hydrogen) atoms. The zero-order valence-corrected chi connectivity index (χ0v) is 18.8. The molecule has 4 aromatic rings. The highest BCUT2D eigenvalue weighted by Gasteiger charge is 2.33. The molecule has 0 fully saturated rings. The second-order valence-electron chi connectivity index (χ2n) is 7.12. The summed E-state index contributed by atoms with van der Waals surface area (Å²) in [7, 11) is 0. The van der Waals surface area contributed by atoms with Gasteiger partial charge in [-0.1, -0.05) is 42.4 Å². The van der Waals surface area contributed by atoms with Crippen molar-refractivity contribution in [1.82, 2.24) is 19.2 Å². The van der Waals surface area contributed by atoms with Crippen molar-refractivity contribution in [3.8, 4) is 0 Å². The Balaban J connectivity index is 1.61. The van der Waals surface area contributed by atoms with Gasteiger partial charge in [0.15, 0.2) is 5.16 Å². The zero-order valence-electron chi connectivity index (χ0n) is 17.2. The molecule has 0 aliphatic carbocycles. The standard InChI is InChI=1S/C21H17ClF3N5O2S/c1-2-9-29-18(32)13-5-3-4-6-16(13)30-19(29)27-28-20(30)33-11-17(31)26-12-7-8-15(22)14(10-12)21(23,24)25/h3-8,10H,2,9,11H2,1H3,(H,26,31). The van der Waals surface area contributed by atoms with Gasteiger partial charge in [0.25, 0.3) is 5.56 Å². The first-order valence-corrected chi connectivity index (χ1v) is 11.2. The minimum atomic E-state index is -4.64. The molecule has 12 heteroatoms. The summed E-state index contributed by atoms with van der Waals surface area (Å²) in [4.78, 5) is 25.3. The number of thioether (sulfide) groups is 1. The lowest BCUT2D eigenvalue weighted by Gasteiger charge is -2.12. The van der Waals surface area contributed by atoms with Crippen molar-refractivity contribution < 1.29 is 18.0 Å². The lowest BCUT2D eigenvalue weighted by Crippen LogP contribution is -2.23. The van der Waals surface area contributed by atoms with E-state index < -0.39 is 22.7 Å². The number of carbonyl (C=O) groups excluding carboxylic acids is 1. The van der Waals surface area contributed by atoms with E-state index in [1.54, 1.807) is 28.7 Å². The molecule has 0 aliphatic rings. The van der Waals surface area contributed by atoms with Gasteiger partial charge in [-0.2, -0.15) is 13.2 Å². The maximum atomic E-state index is 13.0. The molecular weight excluding hydrogens is 479 g/mol. The van der Waals surface area contributed by atoms with Gasteiger partial charge in [-0.25, -0.2) is 0 Å². The van der Waals surface area contributed by atoms with Gasteiger partial charge in [0.05, 0.1) is 27.2 Å². The third-order valence-electron chi connectivity index (χ3n) is 4.81. The van der Waals surface area contributed by atoms with Crippen LogP contribution in [0.15, 0.2) is 52.4 Å². The maximum absolute atomic E-state index is 13.0. The number of aryl methyl sites for hydroxylation is 1. The number of anilines is 1. The van der Waals surface area contributed by atoms with Crippen LogP contribution in [-0.2, 0) is 17.5 Å². The first-order valence-electron chi connectivity index (χ1n) is 9.86. The van der Waals surface area contributed by atoms with E-state index in [9.17, 15) is 22.8 Å². The van der Waals surface area contributed by atoms with Gasteiger partial charge in [-0.15, -0.1) is 10.2 Å². The van der Waals surface area contributed by atoms with Crippen LogP contribution in [0, 0.1) is 0 Å². The fourth-order valence-electron chi connectivity index (χ4n) is 3.40. The molecule has 4 rings (SSSR count). The highest BCUT2D eigenvalue weighted by Crippen LogP contribution is 2.36. The Morgan fingerprint density at radius 2 is 1.94 bits per heavy atom. The van der Waals surface area contributed by atoms with E-state index in [1.165, 1.54) is 10.6 Å². The number of fused-ring (bicyclic) bond motifs is 3. The molecule has 0 spiro atoms. The van der Waals surface area contributed by atoms with Gasteiger partial charge in [0, 0.05) is 12.2 Å². The van der Waals surface area contributed by atoms with E-state index in [4.69, 9.17) is 11.6 Å². The normalized spacial score (nSPS) is 11.9. The SMILES string of the molecule is CCCn1c(=O)c2ccccc2n2c(SCC(=O)Nc3ccc(Cl)c(C(F)(F)F)c3)nnc12. The Labute approximate surface area is 194 Å². The van der Waals surface area contributed by atoms with E-state index in [-0.39, 0.29) is 17.0 Å². The molecule has 2 aromatic carbocycles. The molecule has 2 aromatic heterocycles. The first-order chi connectivity index (χ1) is 15.7. The summed E-state index contributed by atoms with van der Waals surface area (Å²) in [6.45, 7) is 2.39. The summed E-state index contributed by atoms with van der Waals surface area (Å²) in [6.07, 6.45) is -3.92. The van der Waals surface area contributed by atoms with Crippen LogP contribution in [0.3, 0.4) is 0 Å². The summed E-state index contributed by atoms with van der Waals surface area (Å²) in [6, 6.07) is 10.2. The summed E-state index contributed by atoms with van der Waals surface area (Å²) >= 11 is 6.67. The summed E-state index contributed by atoms with van der Waals surface area (Å²) in [5.41, 5.74) is -0.626. The number of amides is 1. The zero-order chi connectivity index (χ0) is 23.8. The molecule has 0 bridgehead atoms. The second kappa shape index (κ2) is 9.06. The van der Waals surface area contributed by atoms with Crippen LogP contribution in [0.2, 0.25) is 5.02 Å². The number of para-hydroxylation sites is 1. The Morgan fingerprint density at radius 1 is 1.18 bits per heavy atom. The number of halogens is 4. The van der Waals surface area contributed by atoms with Gasteiger partial charge >= 0.3 is 6.18 Å². The monoisotopic (exact) mass is 495 g/mol. The molecule has 0 radical (unpaired) electrons. The Hall–Kier alpha value is -3.05. The number of benzene rings is 2. The van der Waals surface area contributed by atoms with E-state index in [2.05, 4.69) is 15.5 Å². The van der Waals surface area contributed by atoms with Crippen molar-refractivity contribution in [3.63, 3.8) is 0 Å². The van der Waals surface area contributed by atoms with Crippen molar-refractivity contribution in [2.24, 2.45) is 0 Å². The smallest absolute Gasteiger partial charge is 0.325 e. The fourth-order valence-corrected chi connectivity index (χ4v) is 4.36. The average Bonchev–Trinajstić information content (AvgIpc) is 3.20. The fraction of sp³-hybridized carbons (Fsp3) is 0.238. The van der Waals surface area contributed by atoms with Crippen LogP contribution < -0.4 is 10.9 Å². The van der Waals surface area contributed by atoms with Gasteiger partial charge in [0.2, 0.25) is 11.7 Å². The number of rotatable bonds is 6. The van der Waals surface area contributed by atoms with Gasteiger partial charge in [0.1, 0.15) is 0 Å². The molecular formula is C21H17ClF3N5O2S. The number of alkyl halides is 3. The number of aromatic nitrogens is 4. The number of nitrogens with one attached hydrogen (secondary N) is 1. The molecule has 0 saturated carbocycles. The largest absolute Gasteiger partial charge is 0.417 e. The van der Waals surface area contributed by atoms with Crippen molar-refractivity contribution in [3.05, 3.63) is 63.4 Å². The minimum absolute atomic E-state index is 0.0225. The molecule has 0 atom stereocenters. The summed E-state index contributed by atoms with van der Waals surface area (Å²) in [5.74, 6) is -0.305. The van der Waals surface area contributed by atoms with Crippen LogP contribution in [0.25, 0.3) is 16.7 Å². The topological polar surface area (TPSA) is 81.3 Å². The van der Waals surface area contributed by atoms with Crippen molar-refractivity contribution in [2.75, 3.05) is 11.1 Å². The molecule has 0 saturated heterocycles. The lowest BCUT2D eigenvalue weighted by atomic mass is 10.2. The van der Waals surface area contributed by atoms with Gasteiger partial charge < -0.3 is 5.32 Å². The molecule has 7 nitrogen and oxygen atoms in total. The van der Waals surface area contributed by atoms with E-state index in [0.29, 0.717) is 34.8 Å². The highest BCUT2D eigenvalue weighted by molar-refractivity contribution is 7.99. The predicted octanol–water partition coefficient (Wildman–Crippen LogP) is 4.86. The van der Waals surface area contributed by atoms with Gasteiger partial charge in [-0.3, -0.25) is 18.6 Å². The Kier molecular flexibility index (Phi) is 6.35. The van der Waals surface area contributed by atoms with Crippen LogP contribution in [0.4, 0.5) is 18.9 Å². The Bertz CT molecular complexity index is 1420. The van der Waals surface area contributed by atoms with Crippen LogP contribution in [0.5, 0.6) is 0 Å². The van der Waals surface area contributed by atoms with Crippen LogP contribution in [0.1, 0.15) is 18.9 Å². The number of nitrogens with zero attached hydrogens (tertiary/aromatic N) is 4. The quantitative estimate of drug-likeness (QED) is 0.386. The van der Waals surface area contributed by atoms with Crippen LogP contribution in [-0.4, -0.2) is 30.8 Å². The lowest BCUT2D eigenvalue weighted by molar-refractivity contribution is -0.137. The number of hydrogen-bond acceptors (Lipinski definition) is 5. The average molecular weight is 496 g/mol. The highest BCUT2D eigenvalue weighted by atomic mass is 35.5. The number of carbonyl (C=O) groups is 1. The van der Waals surface area contributed by atoms with Crippen molar-refractivity contribution in [1.29, 1.82) is 0 Å². The number of hydrogen-bond donors (Lipinski definition) is 1. The van der Waals surface area contributed by atoms with Crippen LogP contribution >= 0.6 is 23.4 Å². The molecule has 1 amide bonds. The van der Waals surface area contributed by atoms with Gasteiger partial charge in [-0.05, 0) is 36.8 Å². The van der Waals surface area contributed by atoms with E-state index >= 15 is 0 Å². The second-order valence-corrected chi connectivity index (χ2v) is 8.47. The molecule has 172 valence electrons. The maximum Gasteiger partial charge on any atom is 0.417 e. The molecule has 0 aliphatic heterocycles. The van der Waals surface area contributed by atoms with Crippen molar-refractivity contribution >= 4 is 51.6 Å². The van der Waals surface area contributed by atoms with E-state index in [0.717, 1.165) is 23.9 Å². The van der Waals surface area contributed by atoms with Crippen molar-refractivity contribution in [2.45, 2.75) is 31.2 Å². The molecule has 0 unspecified atom stereocenters. The first kappa shape index (κ1) is 23.1. The molecule has 1 N–H and O–H groups in total. The third-order valence-corrected chi connectivity index (χ3v) is 6.07. The predicted molar refractivity (Wildman–Crippen MR) is 121 cm³/mol. The Morgan fingerprint density at radius 3 is 2.67 bits per heavy atom. The summed E-state index contributed by atoms with van der Waals surface area (Å²) in [5, 5.41) is 11.1. The molecule has 2 heterocycles. The minimum Gasteiger partial charge on any atom is -0.325 e.